The van der Waals surface area contributed by atoms with Gasteiger partial charge in [-0.15, -0.1) is 11.8 Å². The van der Waals surface area contributed by atoms with Gasteiger partial charge in [-0.3, -0.25) is 4.79 Å². The maximum absolute atomic E-state index is 12.8. The van der Waals surface area contributed by atoms with E-state index in [0.717, 1.165) is 29.4 Å². The van der Waals surface area contributed by atoms with E-state index in [0.29, 0.717) is 17.5 Å². The molecule has 128 valence electrons. The SMILES string of the molecule is CCC1CCCC1NC(=O)c1c(C)nc(C(C)(C)C)nc1SC. The molecule has 1 aromatic rings. The van der Waals surface area contributed by atoms with Crippen LogP contribution in [0.15, 0.2) is 5.03 Å². The zero-order chi connectivity index (χ0) is 17.2. The average molecular weight is 336 g/mol. The molecule has 1 amide bonds. The predicted molar refractivity (Wildman–Crippen MR) is 96.1 cm³/mol. The summed E-state index contributed by atoms with van der Waals surface area (Å²) in [5.41, 5.74) is 1.30. The lowest BCUT2D eigenvalue weighted by Gasteiger charge is -2.22. The lowest BCUT2D eigenvalue weighted by atomic mass is 9.95. The lowest BCUT2D eigenvalue weighted by molar-refractivity contribution is 0.0922. The number of aromatic nitrogens is 2. The molecule has 1 heterocycles. The molecule has 1 aliphatic rings. The molecule has 0 radical (unpaired) electrons. The molecule has 1 saturated carbocycles. The summed E-state index contributed by atoms with van der Waals surface area (Å²) in [5.74, 6) is 1.38. The summed E-state index contributed by atoms with van der Waals surface area (Å²) in [4.78, 5) is 22.1. The van der Waals surface area contributed by atoms with Gasteiger partial charge < -0.3 is 5.32 Å². The van der Waals surface area contributed by atoms with E-state index in [-0.39, 0.29) is 11.3 Å². The normalized spacial score (nSPS) is 21.5. The van der Waals surface area contributed by atoms with E-state index in [4.69, 9.17) is 0 Å². The van der Waals surface area contributed by atoms with Crippen LogP contribution in [0.4, 0.5) is 0 Å². The summed E-state index contributed by atoms with van der Waals surface area (Å²) < 4.78 is 0. The maximum Gasteiger partial charge on any atom is 0.256 e. The third-order valence-corrected chi connectivity index (χ3v) is 5.33. The van der Waals surface area contributed by atoms with Crippen molar-refractivity contribution < 1.29 is 4.79 Å². The van der Waals surface area contributed by atoms with E-state index in [9.17, 15) is 4.79 Å². The second-order valence-electron chi connectivity index (χ2n) is 7.45. The van der Waals surface area contributed by atoms with Gasteiger partial charge in [-0.05, 0) is 31.9 Å². The van der Waals surface area contributed by atoms with Gasteiger partial charge in [-0.1, -0.05) is 40.5 Å². The Bertz CT molecular complexity index is 580. The molecule has 0 saturated heterocycles. The van der Waals surface area contributed by atoms with Crippen LogP contribution in [-0.4, -0.2) is 28.2 Å². The van der Waals surface area contributed by atoms with Crippen LogP contribution in [0.2, 0.25) is 0 Å². The van der Waals surface area contributed by atoms with Crippen LogP contribution in [0, 0.1) is 12.8 Å². The lowest BCUT2D eigenvalue weighted by Crippen LogP contribution is -2.38. The van der Waals surface area contributed by atoms with Crippen LogP contribution in [0.1, 0.15) is 75.3 Å². The fraction of sp³-hybridized carbons (Fsp3) is 0.722. The third-order valence-electron chi connectivity index (χ3n) is 4.65. The number of nitrogens with one attached hydrogen (secondary N) is 1. The highest BCUT2D eigenvalue weighted by Gasteiger charge is 2.30. The van der Waals surface area contributed by atoms with E-state index in [1.165, 1.54) is 24.6 Å². The van der Waals surface area contributed by atoms with Crippen LogP contribution in [-0.2, 0) is 5.41 Å². The van der Waals surface area contributed by atoms with E-state index in [1.807, 2.05) is 13.2 Å². The Morgan fingerprint density at radius 2 is 2.00 bits per heavy atom. The van der Waals surface area contributed by atoms with Gasteiger partial charge >= 0.3 is 0 Å². The largest absolute Gasteiger partial charge is 0.349 e. The van der Waals surface area contributed by atoms with E-state index >= 15 is 0 Å². The molecule has 0 bridgehead atoms. The second kappa shape index (κ2) is 7.20. The topological polar surface area (TPSA) is 54.9 Å². The molecule has 5 heteroatoms. The highest BCUT2D eigenvalue weighted by Crippen LogP contribution is 2.30. The molecule has 2 rings (SSSR count). The molecule has 4 nitrogen and oxygen atoms in total. The molecular formula is C18H29N3OS. The number of amides is 1. The quantitative estimate of drug-likeness (QED) is 0.664. The Kier molecular flexibility index (Phi) is 5.71. The van der Waals surface area contributed by atoms with Crippen molar-refractivity contribution in [3.63, 3.8) is 0 Å². The van der Waals surface area contributed by atoms with E-state index < -0.39 is 0 Å². The number of nitrogens with zero attached hydrogens (tertiary/aromatic N) is 2. The molecule has 2 unspecified atom stereocenters. The van der Waals surface area contributed by atoms with Gasteiger partial charge in [-0.2, -0.15) is 0 Å². The summed E-state index contributed by atoms with van der Waals surface area (Å²) in [6.07, 6.45) is 6.60. The van der Waals surface area contributed by atoms with Gasteiger partial charge in [0.25, 0.3) is 5.91 Å². The molecule has 1 fully saturated rings. The first-order valence-corrected chi connectivity index (χ1v) is 9.74. The van der Waals surface area contributed by atoms with Crippen LogP contribution in [0.25, 0.3) is 0 Å². The standard InChI is InChI=1S/C18H29N3OS/c1-7-12-9-8-10-13(12)20-15(22)14-11(2)19-17(18(3,4)5)21-16(14)23-6/h12-13H,7-10H2,1-6H3,(H,20,22). The minimum atomic E-state index is -0.122. The molecule has 1 aromatic heterocycles. The molecule has 1 N–H and O–H groups in total. The molecule has 23 heavy (non-hydrogen) atoms. The highest BCUT2D eigenvalue weighted by atomic mass is 32.2. The summed E-state index contributed by atoms with van der Waals surface area (Å²) in [6, 6.07) is 0.295. The molecule has 1 aliphatic carbocycles. The van der Waals surface area contributed by atoms with Gasteiger partial charge in [-0.25, -0.2) is 9.97 Å². The number of thioether (sulfide) groups is 1. The smallest absolute Gasteiger partial charge is 0.256 e. The van der Waals surface area contributed by atoms with Crippen molar-refractivity contribution in [2.24, 2.45) is 5.92 Å². The summed E-state index contributed by atoms with van der Waals surface area (Å²) in [7, 11) is 0. The molecule has 0 spiro atoms. The Morgan fingerprint density at radius 3 is 2.57 bits per heavy atom. The van der Waals surface area contributed by atoms with Crippen LogP contribution < -0.4 is 5.32 Å². The van der Waals surface area contributed by atoms with E-state index in [2.05, 4.69) is 43.0 Å². The molecule has 0 aliphatic heterocycles. The van der Waals surface area contributed by atoms with E-state index in [1.54, 1.807) is 0 Å². The van der Waals surface area contributed by atoms with Gasteiger partial charge in [0.15, 0.2) is 0 Å². The highest BCUT2D eigenvalue weighted by molar-refractivity contribution is 7.98. The Balaban J connectivity index is 2.29. The summed E-state index contributed by atoms with van der Waals surface area (Å²) in [5, 5.41) is 4.02. The minimum absolute atomic E-state index is 0.0161. The zero-order valence-electron chi connectivity index (χ0n) is 15.2. The number of hydrogen-bond acceptors (Lipinski definition) is 4. The number of carbonyl (C=O) groups is 1. The second-order valence-corrected chi connectivity index (χ2v) is 8.24. The molecule has 2 atom stereocenters. The van der Waals surface area contributed by atoms with Crippen molar-refractivity contribution in [1.82, 2.24) is 15.3 Å². The van der Waals surface area contributed by atoms with Gasteiger partial charge in [0.1, 0.15) is 10.9 Å². The van der Waals surface area contributed by atoms with Gasteiger partial charge in [0, 0.05) is 11.5 Å². The summed E-state index contributed by atoms with van der Waals surface area (Å²) >= 11 is 1.52. The van der Waals surface area contributed by atoms with Crippen LogP contribution in [0.5, 0.6) is 0 Å². The average Bonchev–Trinajstić information content (AvgIpc) is 2.92. The van der Waals surface area contributed by atoms with Crippen molar-refractivity contribution in [2.45, 2.75) is 76.8 Å². The first-order chi connectivity index (χ1) is 10.8. The predicted octanol–water partition coefficient (Wildman–Crippen LogP) is 4.11. The van der Waals surface area contributed by atoms with Crippen molar-refractivity contribution in [3.8, 4) is 0 Å². The first-order valence-electron chi connectivity index (χ1n) is 8.51. The minimum Gasteiger partial charge on any atom is -0.349 e. The maximum atomic E-state index is 12.8. The van der Waals surface area contributed by atoms with Crippen LogP contribution in [0.3, 0.4) is 0 Å². The van der Waals surface area contributed by atoms with Crippen LogP contribution >= 0.6 is 11.8 Å². The number of hydrogen-bond donors (Lipinski definition) is 1. The van der Waals surface area contributed by atoms with Crippen molar-refractivity contribution >= 4 is 17.7 Å². The summed E-state index contributed by atoms with van der Waals surface area (Å²) in [6.45, 7) is 10.4. The fourth-order valence-electron chi connectivity index (χ4n) is 3.25. The molecule has 0 aromatic carbocycles. The third kappa shape index (κ3) is 4.06. The van der Waals surface area contributed by atoms with Gasteiger partial charge in [0.2, 0.25) is 0 Å². The Morgan fingerprint density at radius 1 is 1.30 bits per heavy atom. The fourth-order valence-corrected chi connectivity index (χ4v) is 3.87. The van der Waals surface area contributed by atoms with Crippen molar-refractivity contribution in [2.75, 3.05) is 6.26 Å². The van der Waals surface area contributed by atoms with Gasteiger partial charge in [0.05, 0.1) is 11.3 Å². The Labute approximate surface area is 144 Å². The monoisotopic (exact) mass is 335 g/mol. The Hall–Kier alpha value is -1.10. The first kappa shape index (κ1) is 18.2. The number of rotatable bonds is 4. The zero-order valence-corrected chi connectivity index (χ0v) is 16.0. The van der Waals surface area contributed by atoms with Crippen molar-refractivity contribution in [3.05, 3.63) is 17.1 Å². The van der Waals surface area contributed by atoms with Crippen molar-refractivity contribution in [1.29, 1.82) is 0 Å². The number of carbonyl (C=O) groups excluding carboxylic acids is 1. The number of aryl methyl sites for hydroxylation is 1. The molecular weight excluding hydrogens is 306 g/mol.